The fourth-order valence-corrected chi connectivity index (χ4v) is 1.71. The van der Waals surface area contributed by atoms with Gasteiger partial charge in [-0.15, -0.1) is 0 Å². The second-order valence-corrected chi connectivity index (χ2v) is 4.80. The molecule has 2 aromatic rings. The summed E-state index contributed by atoms with van der Waals surface area (Å²) in [6.45, 7) is 4.46. The van der Waals surface area contributed by atoms with Gasteiger partial charge in [0.05, 0.1) is 0 Å². The number of nitrogens with one attached hydrogen (secondary N) is 1. The summed E-state index contributed by atoms with van der Waals surface area (Å²) in [6, 6.07) is 11.3. The standard InChI is InChI=1S/C15H17N3O2/c1-10(2)14-17-12(15(19)20)8-13(18-14)16-9-11-6-4-3-5-7-11/h3-8,10H,9H2,1-2H3,(H,19,20)(H,16,17,18). The second kappa shape index (κ2) is 6.14. The average Bonchev–Trinajstić information content (AvgIpc) is 2.45. The van der Waals surface area contributed by atoms with Crippen LogP contribution in [0.5, 0.6) is 0 Å². The number of carboxylic acids is 1. The fraction of sp³-hybridized carbons (Fsp3) is 0.267. The predicted molar refractivity (Wildman–Crippen MR) is 76.8 cm³/mol. The molecule has 0 bridgehead atoms. The van der Waals surface area contributed by atoms with Gasteiger partial charge in [0.2, 0.25) is 0 Å². The van der Waals surface area contributed by atoms with Crippen molar-refractivity contribution >= 4 is 11.8 Å². The molecule has 5 heteroatoms. The lowest BCUT2D eigenvalue weighted by atomic mass is 10.2. The highest BCUT2D eigenvalue weighted by Crippen LogP contribution is 2.15. The Morgan fingerprint density at radius 3 is 2.55 bits per heavy atom. The Bertz CT molecular complexity index is 597. The van der Waals surface area contributed by atoms with Crippen molar-refractivity contribution in [3.63, 3.8) is 0 Å². The molecule has 0 aliphatic rings. The molecule has 20 heavy (non-hydrogen) atoms. The summed E-state index contributed by atoms with van der Waals surface area (Å²) in [7, 11) is 0. The van der Waals surface area contributed by atoms with Gasteiger partial charge in [0, 0.05) is 18.5 Å². The molecule has 0 saturated carbocycles. The molecular weight excluding hydrogens is 254 g/mol. The summed E-state index contributed by atoms with van der Waals surface area (Å²) in [5.41, 5.74) is 1.12. The minimum atomic E-state index is -1.04. The number of carboxylic acid groups (broad SMARTS) is 1. The predicted octanol–water partition coefficient (Wildman–Crippen LogP) is 2.91. The Kier molecular flexibility index (Phi) is 4.30. The quantitative estimate of drug-likeness (QED) is 0.874. The first-order chi connectivity index (χ1) is 9.56. The number of rotatable bonds is 5. The van der Waals surface area contributed by atoms with E-state index >= 15 is 0 Å². The first-order valence-electron chi connectivity index (χ1n) is 6.46. The maximum absolute atomic E-state index is 11.1. The van der Waals surface area contributed by atoms with E-state index in [0.717, 1.165) is 5.56 Å². The topological polar surface area (TPSA) is 75.1 Å². The highest BCUT2D eigenvalue weighted by Gasteiger charge is 2.12. The summed E-state index contributed by atoms with van der Waals surface area (Å²) >= 11 is 0. The normalized spacial score (nSPS) is 10.6. The Balaban J connectivity index is 2.20. The van der Waals surface area contributed by atoms with Crippen LogP contribution in [0.2, 0.25) is 0 Å². The van der Waals surface area contributed by atoms with Crippen molar-refractivity contribution in [2.24, 2.45) is 0 Å². The molecule has 0 aliphatic heterocycles. The van der Waals surface area contributed by atoms with Crippen LogP contribution in [-0.2, 0) is 6.54 Å². The SMILES string of the molecule is CC(C)c1nc(NCc2ccccc2)cc(C(=O)O)n1. The van der Waals surface area contributed by atoms with Crippen LogP contribution >= 0.6 is 0 Å². The lowest BCUT2D eigenvalue weighted by Crippen LogP contribution is -2.10. The fourth-order valence-electron chi connectivity index (χ4n) is 1.71. The van der Waals surface area contributed by atoms with Gasteiger partial charge in [-0.1, -0.05) is 44.2 Å². The molecule has 5 nitrogen and oxygen atoms in total. The van der Waals surface area contributed by atoms with Gasteiger partial charge in [0.1, 0.15) is 11.6 Å². The van der Waals surface area contributed by atoms with Crippen LogP contribution in [-0.4, -0.2) is 21.0 Å². The van der Waals surface area contributed by atoms with Crippen molar-refractivity contribution in [1.29, 1.82) is 0 Å². The zero-order valence-electron chi connectivity index (χ0n) is 11.5. The molecule has 0 saturated heterocycles. The molecule has 1 aromatic heterocycles. The lowest BCUT2D eigenvalue weighted by molar-refractivity contribution is 0.0690. The summed E-state index contributed by atoms with van der Waals surface area (Å²) in [5.74, 6) is 0.0917. The zero-order chi connectivity index (χ0) is 14.5. The van der Waals surface area contributed by atoms with Crippen LogP contribution in [0.4, 0.5) is 5.82 Å². The molecule has 0 aliphatic carbocycles. The Morgan fingerprint density at radius 2 is 1.95 bits per heavy atom. The van der Waals surface area contributed by atoms with Gasteiger partial charge in [0.15, 0.2) is 5.69 Å². The van der Waals surface area contributed by atoms with Crippen molar-refractivity contribution in [3.8, 4) is 0 Å². The molecule has 1 aromatic carbocycles. The van der Waals surface area contributed by atoms with E-state index in [9.17, 15) is 4.79 Å². The molecule has 0 unspecified atom stereocenters. The van der Waals surface area contributed by atoms with E-state index in [0.29, 0.717) is 18.2 Å². The molecule has 104 valence electrons. The Hall–Kier alpha value is -2.43. The number of carbonyl (C=O) groups is 1. The van der Waals surface area contributed by atoms with E-state index in [4.69, 9.17) is 5.11 Å². The summed E-state index contributed by atoms with van der Waals surface area (Å²) < 4.78 is 0. The van der Waals surface area contributed by atoms with Crippen molar-refractivity contribution in [2.75, 3.05) is 5.32 Å². The van der Waals surface area contributed by atoms with E-state index in [2.05, 4.69) is 15.3 Å². The number of hydrogen-bond donors (Lipinski definition) is 2. The highest BCUT2D eigenvalue weighted by atomic mass is 16.4. The van der Waals surface area contributed by atoms with Gasteiger partial charge < -0.3 is 10.4 Å². The monoisotopic (exact) mass is 271 g/mol. The van der Waals surface area contributed by atoms with Gasteiger partial charge in [-0.2, -0.15) is 0 Å². The molecule has 2 N–H and O–H groups in total. The minimum absolute atomic E-state index is 0.0132. The highest BCUT2D eigenvalue weighted by molar-refractivity contribution is 5.86. The van der Waals surface area contributed by atoms with Crippen LogP contribution in [0.3, 0.4) is 0 Å². The lowest BCUT2D eigenvalue weighted by Gasteiger charge is -2.10. The summed E-state index contributed by atoms with van der Waals surface area (Å²) in [6.07, 6.45) is 0. The Morgan fingerprint density at radius 1 is 1.25 bits per heavy atom. The number of nitrogens with zero attached hydrogens (tertiary/aromatic N) is 2. The first kappa shape index (κ1) is 14.0. The zero-order valence-corrected chi connectivity index (χ0v) is 11.5. The van der Waals surface area contributed by atoms with Gasteiger partial charge >= 0.3 is 5.97 Å². The van der Waals surface area contributed by atoms with Crippen LogP contribution < -0.4 is 5.32 Å². The van der Waals surface area contributed by atoms with Crippen LogP contribution in [0.1, 0.15) is 41.6 Å². The third-order valence-corrected chi connectivity index (χ3v) is 2.80. The number of hydrogen-bond acceptors (Lipinski definition) is 4. The number of aromatic carboxylic acids is 1. The van der Waals surface area contributed by atoms with Crippen molar-refractivity contribution in [2.45, 2.75) is 26.3 Å². The molecule has 1 heterocycles. The van der Waals surface area contributed by atoms with Gasteiger partial charge in [-0.25, -0.2) is 14.8 Å². The maximum Gasteiger partial charge on any atom is 0.354 e. The van der Waals surface area contributed by atoms with E-state index in [1.54, 1.807) is 0 Å². The van der Waals surface area contributed by atoms with E-state index in [-0.39, 0.29) is 11.6 Å². The largest absolute Gasteiger partial charge is 0.477 e. The number of aromatic nitrogens is 2. The van der Waals surface area contributed by atoms with Gasteiger partial charge in [0.25, 0.3) is 0 Å². The summed E-state index contributed by atoms with van der Waals surface area (Å²) in [5, 5.41) is 12.2. The van der Waals surface area contributed by atoms with Crippen LogP contribution in [0, 0.1) is 0 Å². The van der Waals surface area contributed by atoms with Crippen molar-refractivity contribution < 1.29 is 9.90 Å². The Labute approximate surface area is 117 Å². The van der Waals surface area contributed by atoms with E-state index < -0.39 is 5.97 Å². The van der Waals surface area contributed by atoms with Crippen LogP contribution in [0.15, 0.2) is 36.4 Å². The minimum Gasteiger partial charge on any atom is -0.477 e. The average molecular weight is 271 g/mol. The molecule has 2 rings (SSSR count). The molecule has 0 spiro atoms. The second-order valence-electron chi connectivity index (χ2n) is 4.80. The molecular formula is C15H17N3O2. The molecule has 0 amide bonds. The van der Waals surface area contributed by atoms with E-state index in [1.165, 1.54) is 6.07 Å². The first-order valence-corrected chi connectivity index (χ1v) is 6.46. The third kappa shape index (κ3) is 3.54. The van der Waals surface area contributed by atoms with E-state index in [1.807, 2.05) is 44.2 Å². The molecule has 0 fully saturated rings. The molecule has 0 atom stereocenters. The van der Waals surface area contributed by atoms with Crippen LogP contribution in [0.25, 0.3) is 0 Å². The third-order valence-electron chi connectivity index (χ3n) is 2.80. The number of benzene rings is 1. The molecule has 0 radical (unpaired) electrons. The van der Waals surface area contributed by atoms with Gasteiger partial charge in [-0.3, -0.25) is 0 Å². The van der Waals surface area contributed by atoms with Gasteiger partial charge in [-0.05, 0) is 5.56 Å². The van der Waals surface area contributed by atoms with Crippen molar-refractivity contribution in [3.05, 3.63) is 53.5 Å². The maximum atomic E-state index is 11.1. The smallest absolute Gasteiger partial charge is 0.354 e. The summed E-state index contributed by atoms with van der Waals surface area (Å²) in [4.78, 5) is 19.5. The number of anilines is 1. The van der Waals surface area contributed by atoms with Crippen molar-refractivity contribution in [1.82, 2.24) is 9.97 Å².